The Bertz CT molecular complexity index is 826. The summed E-state index contributed by atoms with van der Waals surface area (Å²) >= 11 is 0. The van der Waals surface area contributed by atoms with Crippen LogP contribution in [0.1, 0.15) is 51.3 Å². The Kier molecular flexibility index (Phi) is 8.80. The molecule has 0 amide bonds. The Morgan fingerprint density at radius 3 is 2.80 bits per heavy atom. The van der Waals surface area contributed by atoms with Crippen LogP contribution in [0.5, 0.6) is 0 Å². The molecule has 7 heteroatoms. The van der Waals surface area contributed by atoms with Crippen LogP contribution in [-0.2, 0) is 6.54 Å². The van der Waals surface area contributed by atoms with Crippen LogP contribution in [0.3, 0.4) is 0 Å². The number of hydrogen-bond acceptors (Lipinski definition) is 3. The summed E-state index contributed by atoms with van der Waals surface area (Å²) in [5, 5.41) is 7.11. The number of likely N-dealkylation sites (tertiary alicyclic amines) is 1. The lowest BCUT2D eigenvalue weighted by atomic mass is 10.2. The molecule has 30 heavy (non-hydrogen) atoms. The van der Waals surface area contributed by atoms with E-state index in [-0.39, 0.29) is 24.0 Å². The van der Waals surface area contributed by atoms with Gasteiger partial charge in [0, 0.05) is 44.8 Å². The summed E-state index contributed by atoms with van der Waals surface area (Å²) in [5.74, 6) is 2.05. The van der Waals surface area contributed by atoms with Gasteiger partial charge in [0.1, 0.15) is 5.82 Å². The molecule has 1 unspecified atom stereocenters. The molecule has 4 rings (SSSR count). The average molecular weight is 524 g/mol. The van der Waals surface area contributed by atoms with E-state index in [1.165, 1.54) is 44.2 Å². The smallest absolute Gasteiger partial charge is 0.191 e. The van der Waals surface area contributed by atoms with E-state index < -0.39 is 0 Å². The fourth-order valence-electron chi connectivity index (χ4n) is 4.92. The fraction of sp³-hybridized carbons (Fsp3) is 0.652. The number of hydrogen-bond donors (Lipinski definition) is 2. The normalized spacial score (nSPS) is 20.6. The first-order chi connectivity index (χ1) is 14.2. The van der Waals surface area contributed by atoms with Gasteiger partial charge in [0.05, 0.1) is 11.0 Å². The second-order valence-electron chi connectivity index (χ2n) is 8.48. The van der Waals surface area contributed by atoms with Crippen LogP contribution in [0.4, 0.5) is 0 Å². The lowest BCUT2D eigenvalue weighted by Gasteiger charge is -2.24. The first-order valence-electron chi connectivity index (χ1n) is 11.5. The molecule has 1 saturated carbocycles. The summed E-state index contributed by atoms with van der Waals surface area (Å²) in [6, 6.07) is 9.72. The number of aryl methyl sites for hydroxylation is 2. The maximum atomic E-state index is 4.85. The van der Waals surface area contributed by atoms with E-state index in [1.54, 1.807) is 0 Å². The zero-order chi connectivity index (χ0) is 20.1. The van der Waals surface area contributed by atoms with Crippen molar-refractivity contribution in [2.75, 3.05) is 26.2 Å². The standard InChI is InChI=1S/C23H36N6.HI/c1-3-24-23(27-19-13-16-28(17-19)20-9-4-5-10-20)25-14-8-15-29-18(2)26-21-11-6-7-12-22(21)29;/h6-7,11-12,19-20H,3-5,8-10,13-17H2,1-2H3,(H2,24,25,27);1H. The van der Waals surface area contributed by atoms with Gasteiger partial charge in [-0.05, 0) is 51.7 Å². The molecule has 0 radical (unpaired) electrons. The summed E-state index contributed by atoms with van der Waals surface area (Å²) in [7, 11) is 0. The molecule has 2 aromatic rings. The van der Waals surface area contributed by atoms with E-state index in [4.69, 9.17) is 4.99 Å². The Hall–Kier alpha value is -1.35. The topological polar surface area (TPSA) is 57.5 Å². The minimum absolute atomic E-state index is 0. The van der Waals surface area contributed by atoms with Gasteiger partial charge in [0.15, 0.2) is 5.96 Å². The van der Waals surface area contributed by atoms with Gasteiger partial charge in [-0.15, -0.1) is 24.0 Å². The molecule has 0 bridgehead atoms. The number of aliphatic imine (C=N–C) groups is 1. The lowest BCUT2D eigenvalue weighted by Crippen LogP contribution is -2.45. The molecule has 1 aliphatic carbocycles. The molecule has 1 aromatic heterocycles. The largest absolute Gasteiger partial charge is 0.357 e. The molecule has 1 atom stereocenters. The van der Waals surface area contributed by atoms with Crippen molar-refractivity contribution in [3.63, 3.8) is 0 Å². The number of halogens is 1. The summed E-state index contributed by atoms with van der Waals surface area (Å²) in [6.45, 7) is 9.29. The second kappa shape index (κ2) is 11.3. The highest BCUT2D eigenvalue weighted by atomic mass is 127. The quantitative estimate of drug-likeness (QED) is 0.250. The summed E-state index contributed by atoms with van der Waals surface area (Å²) in [5.41, 5.74) is 2.30. The third kappa shape index (κ3) is 5.66. The number of rotatable bonds is 7. The Labute approximate surface area is 197 Å². The van der Waals surface area contributed by atoms with Crippen LogP contribution in [0, 0.1) is 6.92 Å². The van der Waals surface area contributed by atoms with Crippen LogP contribution in [-0.4, -0.2) is 58.7 Å². The molecule has 1 aromatic carbocycles. The molecule has 2 N–H and O–H groups in total. The molecule has 2 fully saturated rings. The molecule has 166 valence electrons. The first kappa shape index (κ1) is 23.3. The fourth-order valence-corrected chi connectivity index (χ4v) is 4.92. The van der Waals surface area contributed by atoms with E-state index in [1.807, 2.05) is 0 Å². The molecule has 1 saturated heterocycles. The van der Waals surface area contributed by atoms with Crippen molar-refractivity contribution >= 4 is 41.0 Å². The van der Waals surface area contributed by atoms with Crippen LogP contribution >= 0.6 is 24.0 Å². The van der Waals surface area contributed by atoms with Gasteiger partial charge in [-0.2, -0.15) is 0 Å². The average Bonchev–Trinajstić information content (AvgIpc) is 3.45. The highest BCUT2D eigenvalue weighted by molar-refractivity contribution is 14.0. The maximum Gasteiger partial charge on any atom is 0.191 e. The number of nitrogens with one attached hydrogen (secondary N) is 2. The van der Waals surface area contributed by atoms with Gasteiger partial charge in [0.2, 0.25) is 0 Å². The first-order valence-corrected chi connectivity index (χ1v) is 11.5. The van der Waals surface area contributed by atoms with Crippen molar-refractivity contribution < 1.29 is 0 Å². The van der Waals surface area contributed by atoms with Crippen LogP contribution < -0.4 is 10.6 Å². The van der Waals surface area contributed by atoms with Crippen LogP contribution in [0.25, 0.3) is 11.0 Å². The SMILES string of the molecule is CCNC(=NCCCn1c(C)nc2ccccc21)NC1CCN(C2CCCC2)C1.I. The third-order valence-electron chi connectivity index (χ3n) is 6.40. The van der Waals surface area contributed by atoms with Gasteiger partial charge < -0.3 is 15.2 Å². The van der Waals surface area contributed by atoms with Gasteiger partial charge in [-0.1, -0.05) is 25.0 Å². The minimum Gasteiger partial charge on any atom is -0.357 e. The number of fused-ring (bicyclic) bond motifs is 1. The Morgan fingerprint density at radius 2 is 2.00 bits per heavy atom. The van der Waals surface area contributed by atoms with E-state index in [0.717, 1.165) is 55.9 Å². The molecule has 2 aliphatic rings. The monoisotopic (exact) mass is 524 g/mol. The van der Waals surface area contributed by atoms with Gasteiger partial charge >= 0.3 is 0 Å². The van der Waals surface area contributed by atoms with E-state index in [2.05, 4.69) is 63.2 Å². The molecule has 6 nitrogen and oxygen atoms in total. The van der Waals surface area contributed by atoms with Crippen molar-refractivity contribution in [2.45, 2.75) is 71.0 Å². The maximum absolute atomic E-state index is 4.85. The third-order valence-corrected chi connectivity index (χ3v) is 6.40. The number of para-hydroxylation sites is 2. The summed E-state index contributed by atoms with van der Waals surface area (Å²) < 4.78 is 2.31. The van der Waals surface area contributed by atoms with Gasteiger partial charge in [-0.3, -0.25) is 9.89 Å². The Morgan fingerprint density at radius 1 is 1.20 bits per heavy atom. The lowest BCUT2D eigenvalue weighted by molar-refractivity contribution is 0.242. The zero-order valence-electron chi connectivity index (χ0n) is 18.4. The molecule has 2 heterocycles. The van der Waals surface area contributed by atoms with Crippen LogP contribution in [0.2, 0.25) is 0 Å². The molecular weight excluding hydrogens is 487 g/mol. The molecule has 1 aliphatic heterocycles. The van der Waals surface area contributed by atoms with E-state index in [9.17, 15) is 0 Å². The Balaban J connectivity index is 0.00000256. The number of imidazole rings is 1. The minimum atomic E-state index is 0. The second-order valence-corrected chi connectivity index (χ2v) is 8.48. The molecular formula is C23H37IN6. The van der Waals surface area contributed by atoms with Crippen molar-refractivity contribution in [3.05, 3.63) is 30.1 Å². The highest BCUT2D eigenvalue weighted by Gasteiger charge is 2.30. The van der Waals surface area contributed by atoms with Gasteiger partial charge in [0.25, 0.3) is 0 Å². The predicted molar refractivity (Wildman–Crippen MR) is 136 cm³/mol. The van der Waals surface area contributed by atoms with Crippen molar-refractivity contribution in [1.82, 2.24) is 25.1 Å². The van der Waals surface area contributed by atoms with Crippen molar-refractivity contribution in [1.29, 1.82) is 0 Å². The van der Waals surface area contributed by atoms with Crippen LogP contribution in [0.15, 0.2) is 29.3 Å². The van der Waals surface area contributed by atoms with Crippen molar-refractivity contribution in [2.24, 2.45) is 4.99 Å². The predicted octanol–water partition coefficient (Wildman–Crippen LogP) is 3.92. The number of benzene rings is 1. The summed E-state index contributed by atoms with van der Waals surface area (Å²) in [4.78, 5) is 12.2. The highest BCUT2D eigenvalue weighted by Crippen LogP contribution is 2.26. The zero-order valence-corrected chi connectivity index (χ0v) is 20.8. The summed E-state index contributed by atoms with van der Waals surface area (Å²) in [6.07, 6.45) is 7.84. The number of nitrogens with zero attached hydrogens (tertiary/aromatic N) is 4. The van der Waals surface area contributed by atoms with E-state index in [0.29, 0.717) is 6.04 Å². The molecule has 0 spiro atoms. The number of aromatic nitrogens is 2. The van der Waals surface area contributed by atoms with Crippen molar-refractivity contribution in [3.8, 4) is 0 Å². The van der Waals surface area contributed by atoms with Gasteiger partial charge in [-0.25, -0.2) is 4.98 Å². The van der Waals surface area contributed by atoms with E-state index >= 15 is 0 Å². The number of guanidine groups is 1.